The maximum atomic E-state index is 10.2. The van der Waals surface area contributed by atoms with E-state index in [1.54, 1.807) is 0 Å². The van der Waals surface area contributed by atoms with Gasteiger partial charge in [-0.2, -0.15) is 0 Å². The van der Waals surface area contributed by atoms with Gasteiger partial charge in [0, 0.05) is 6.54 Å². The van der Waals surface area contributed by atoms with Gasteiger partial charge in [-0.25, -0.2) is 0 Å². The third-order valence-corrected chi connectivity index (χ3v) is 3.69. The zero-order valence-electron chi connectivity index (χ0n) is 10.3. The molecule has 1 aliphatic rings. The number of hydrogen-bond acceptors (Lipinski definition) is 6. The van der Waals surface area contributed by atoms with Crippen LogP contribution in [-0.4, -0.2) is 62.1 Å². The summed E-state index contributed by atoms with van der Waals surface area (Å²) in [5.74, 6) is 0. The fourth-order valence-corrected chi connectivity index (χ4v) is 2.47. The number of nitrogens with one attached hydrogen (secondary N) is 1. The van der Waals surface area contributed by atoms with E-state index < -0.39 is 36.6 Å². The van der Waals surface area contributed by atoms with Gasteiger partial charge in [-0.3, -0.25) is 0 Å². The van der Waals surface area contributed by atoms with Crippen molar-refractivity contribution in [3.63, 3.8) is 0 Å². The molecule has 0 radical (unpaired) electrons. The van der Waals surface area contributed by atoms with E-state index in [0.717, 1.165) is 5.56 Å². The smallest absolute Gasteiger partial charge is 0.134 e. The van der Waals surface area contributed by atoms with Gasteiger partial charge in [0.15, 0.2) is 0 Å². The molecule has 0 aromatic heterocycles. The van der Waals surface area contributed by atoms with Gasteiger partial charge in [-0.1, -0.05) is 30.3 Å². The summed E-state index contributed by atoms with van der Waals surface area (Å²) in [4.78, 5) is 0. The van der Waals surface area contributed by atoms with Gasteiger partial charge in [0.2, 0.25) is 0 Å². The van der Waals surface area contributed by atoms with E-state index in [4.69, 9.17) is 0 Å². The number of benzene rings is 1. The van der Waals surface area contributed by atoms with Gasteiger partial charge in [0.25, 0.3) is 0 Å². The molecule has 1 aromatic carbocycles. The molecule has 0 unspecified atom stereocenters. The highest BCUT2D eigenvalue weighted by molar-refractivity contribution is 5.17. The largest absolute Gasteiger partial charge is 0.393 e. The lowest BCUT2D eigenvalue weighted by molar-refractivity contribution is -0.120. The molecule has 0 bridgehead atoms. The zero-order valence-corrected chi connectivity index (χ0v) is 10.3. The molecule has 0 amide bonds. The summed E-state index contributed by atoms with van der Waals surface area (Å²) < 4.78 is 0. The van der Waals surface area contributed by atoms with E-state index in [1.165, 1.54) is 0 Å². The predicted octanol–water partition coefficient (Wildman–Crippen LogP) is -2.04. The Balaban J connectivity index is 2.09. The molecule has 2 rings (SSSR count). The van der Waals surface area contributed by atoms with Crippen LogP contribution in [0.2, 0.25) is 0 Å². The predicted molar refractivity (Wildman–Crippen MR) is 67.1 cm³/mol. The first kappa shape index (κ1) is 14.4. The van der Waals surface area contributed by atoms with E-state index in [9.17, 15) is 25.5 Å². The number of aliphatic hydroxyl groups is 5. The molecule has 5 atom stereocenters. The molecule has 0 saturated heterocycles. The second-order valence-corrected chi connectivity index (χ2v) is 4.92. The molecular formula is C13H19NO5. The van der Waals surface area contributed by atoms with Crippen LogP contribution in [-0.2, 0) is 6.54 Å². The summed E-state index contributed by atoms with van der Waals surface area (Å²) in [6.45, 7) is -0.418. The first-order valence-electron chi connectivity index (χ1n) is 6.15. The van der Waals surface area contributed by atoms with Crippen LogP contribution >= 0.6 is 0 Å². The van der Waals surface area contributed by atoms with Gasteiger partial charge in [0.1, 0.15) is 23.9 Å². The second kappa shape index (κ2) is 5.54. The minimum atomic E-state index is -1.96. The van der Waals surface area contributed by atoms with Crippen molar-refractivity contribution in [2.45, 2.75) is 36.5 Å². The Morgan fingerprint density at radius 2 is 1.68 bits per heavy atom. The number of rotatable bonds is 4. The van der Waals surface area contributed by atoms with Crippen LogP contribution in [0.5, 0.6) is 0 Å². The fourth-order valence-electron chi connectivity index (χ4n) is 2.47. The molecule has 6 nitrogen and oxygen atoms in total. The lowest BCUT2D eigenvalue weighted by Gasteiger charge is -2.31. The summed E-state index contributed by atoms with van der Waals surface area (Å²) in [5, 5.41) is 51.4. The third-order valence-electron chi connectivity index (χ3n) is 3.69. The molecule has 6 heteroatoms. The van der Waals surface area contributed by atoms with Crippen molar-refractivity contribution in [2.75, 3.05) is 6.61 Å². The highest BCUT2D eigenvalue weighted by Crippen LogP contribution is 2.31. The molecule has 106 valence electrons. The average Bonchev–Trinajstić information content (AvgIpc) is 2.60. The molecule has 1 fully saturated rings. The van der Waals surface area contributed by atoms with E-state index in [2.05, 4.69) is 5.32 Å². The van der Waals surface area contributed by atoms with Crippen LogP contribution < -0.4 is 5.32 Å². The SMILES string of the molecule is OC[C@@]1(O)[C@H](O)[C@@H](O)[C@@H](O)[C@H]1NCc1ccccc1. The van der Waals surface area contributed by atoms with E-state index >= 15 is 0 Å². The first-order chi connectivity index (χ1) is 9.00. The summed E-state index contributed by atoms with van der Waals surface area (Å²) in [6, 6.07) is 8.28. The van der Waals surface area contributed by atoms with Crippen LogP contribution in [0.1, 0.15) is 5.56 Å². The molecule has 1 aliphatic carbocycles. The maximum Gasteiger partial charge on any atom is 0.134 e. The first-order valence-corrected chi connectivity index (χ1v) is 6.15. The Morgan fingerprint density at radius 1 is 1.05 bits per heavy atom. The normalized spacial score (nSPS) is 38.6. The molecule has 19 heavy (non-hydrogen) atoms. The lowest BCUT2D eigenvalue weighted by Crippen LogP contribution is -2.57. The lowest BCUT2D eigenvalue weighted by atomic mass is 9.96. The molecule has 1 aromatic rings. The van der Waals surface area contributed by atoms with E-state index in [1.807, 2.05) is 30.3 Å². The fraction of sp³-hybridized carbons (Fsp3) is 0.538. The van der Waals surface area contributed by atoms with E-state index in [0.29, 0.717) is 6.54 Å². The Morgan fingerprint density at radius 3 is 2.26 bits per heavy atom. The van der Waals surface area contributed by atoms with Crippen molar-refractivity contribution in [3.05, 3.63) is 35.9 Å². The van der Waals surface area contributed by atoms with Crippen LogP contribution in [0.3, 0.4) is 0 Å². The third kappa shape index (κ3) is 2.51. The van der Waals surface area contributed by atoms with Crippen molar-refractivity contribution < 1.29 is 25.5 Å². The average molecular weight is 269 g/mol. The standard InChI is InChI=1S/C13H19NO5/c15-7-13(19)11(9(16)10(17)12(13)18)14-6-8-4-2-1-3-5-8/h1-5,9-12,14-19H,6-7H2/t9-,10+,11-,12-,13+/m1/s1. The Bertz CT molecular complexity index is 415. The van der Waals surface area contributed by atoms with Crippen LogP contribution in [0.25, 0.3) is 0 Å². The highest BCUT2D eigenvalue weighted by atomic mass is 16.4. The van der Waals surface area contributed by atoms with Gasteiger partial charge in [-0.15, -0.1) is 0 Å². The van der Waals surface area contributed by atoms with Crippen molar-refractivity contribution in [1.82, 2.24) is 5.32 Å². The van der Waals surface area contributed by atoms with Crippen LogP contribution in [0, 0.1) is 0 Å². The summed E-state index contributed by atoms with van der Waals surface area (Å²) in [7, 11) is 0. The molecular weight excluding hydrogens is 250 g/mol. The second-order valence-electron chi connectivity index (χ2n) is 4.92. The van der Waals surface area contributed by atoms with Gasteiger partial charge in [0.05, 0.1) is 12.6 Å². The molecule has 0 spiro atoms. The zero-order chi connectivity index (χ0) is 14.0. The van der Waals surface area contributed by atoms with E-state index in [-0.39, 0.29) is 0 Å². The minimum absolute atomic E-state index is 0.338. The number of aliphatic hydroxyl groups excluding tert-OH is 4. The summed E-state index contributed by atoms with van der Waals surface area (Å²) in [5.41, 5.74) is -1.04. The van der Waals surface area contributed by atoms with Crippen LogP contribution in [0.15, 0.2) is 30.3 Å². The monoisotopic (exact) mass is 269 g/mol. The summed E-state index contributed by atoms with van der Waals surface area (Å²) in [6.07, 6.45) is -4.44. The molecule has 0 heterocycles. The Labute approximate surface area is 111 Å². The van der Waals surface area contributed by atoms with Crippen molar-refractivity contribution in [2.24, 2.45) is 0 Å². The summed E-state index contributed by atoms with van der Waals surface area (Å²) >= 11 is 0. The Kier molecular flexibility index (Phi) is 4.19. The van der Waals surface area contributed by atoms with Crippen molar-refractivity contribution >= 4 is 0 Å². The topological polar surface area (TPSA) is 113 Å². The van der Waals surface area contributed by atoms with Crippen LogP contribution in [0.4, 0.5) is 0 Å². The minimum Gasteiger partial charge on any atom is -0.393 e. The van der Waals surface area contributed by atoms with Gasteiger partial charge >= 0.3 is 0 Å². The molecule has 6 N–H and O–H groups in total. The number of hydrogen-bond donors (Lipinski definition) is 6. The highest BCUT2D eigenvalue weighted by Gasteiger charge is 2.58. The molecule has 1 saturated carbocycles. The van der Waals surface area contributed by atoms with Crippen molar-refractivity contribution in [1.29, 1.82) is 0 Å². The van der Waals surface area contributed by atoms with Gasteiger partial charge in [-0.05, 0) is 5.56 Å². The van der Waals surface area contributed by atoms with Crippen molar-refractivity contribution in [3.8, 4) is 0 Å². The maximum absolute atomic E-state index is 10.2. The van der Waals surface area contributed by atoms with Gasteiger partial charge < -0.3 is 30.8 Å². The Hall–Kier alpha value is -1.02. The molecule has 0 aliphatic heterocycles. The quantitative estimate of drug-likeness (QED) is 0.376.